The first kappa shape index (κ1) is 18.2. The number of fused-ring (bicyclic) bond motifs is 1. The maximum atomic E-state index is 12.5. The Morgan fingerprint density at radius 1 is 1.45 bits per heavy atom. The Labute approximate surface area is 130 Å². The van der Waals surface area contributed by atoms with Gasteiger partial charge in [0.05, 0.1) is 0 Å². The Morgan fingerprint density at radius 3 is 2.73 bits per heavy atom. The van der Waals surface area contributed by atoms with Crippen LogP contribution in [0.3, 0.4) is 0 Å². The van der Waals surface area contributed by atoms with Gasteiger partial charge in [0.25, 0.3) is 0 Å². The first-order valence-electron chi connectivity index (χ1n) is 6.29. The number of amides is 1. The van der Waals surface area contributed by atoms with Crippen molar-refractivity contribution in [2.45, 2.75) is 32.0 Å². The van der Waals surface area contributed by atoms with Gasteiger partial charge in [0, 0.05) is 18.2 Å². The second kappa shape index (κ2) is 6.97. The number of halogens is 4. The van der Waals surface area contributed by atoms with Gasteiger partial charge in [0.1, 0.15) is 5.52 Å². The number of carbonyl (C=O) groups excluding carboxylic acids is 1. The molecule has 9 heteroatoms. The highest BCUT2D eigenvalue weighted by molar-refractivity contribution is 5.92. The van der Waals surface area contributed by atoms with E-state index in [4.69, 9.17) is 5.73 Å². The summed E-state index contributed by atoms with van der Waals surface area (Å²) in [5.41, 5.74) is 5.95. The van der Waals surface area contributed by atoms with Crippen LogP contribution in [-0.2, 0) is 11.0 Å². The smallest absolute Gasteiger partial charge is 0.433 e. The van der Waals surface area contributed by atoms with Gasteiger partial charge < -0.3 is 15.5 Å². The fourth-order valence-electron chi connectivity index (χ4n) is 1.71. The molecule has 0 aliphatic rings. The highest BCUT2D eigenvalue weighted by Crippen LogP contribution is 2.31. The molecule has 0 aliphatic heterocycles. The zero-order chi connectivity index (χ0) is 15.6. The van der Waals surface area contributed by atoms with Crippen molar-refractivity contribution in [3.63, 3.8) is 0 Å². The summed E-state index contributed by atoms with van der Waals surface area (Å²) >= 11 is 0. The highest BCUT2D eigenvalue weighted by atomic mass is 35.5. The van der Waals surface area contributed by atoms with Crippen LogP contribution >= 0.6 is 12.4 Å². The predicted molar refractivity (Wildman–Crippen MR) is 77.8 cm³/mol. The second-order valence-electron chi connectivity index (χ2n) is 4.76. The van der Waals surface area contributed by atoms with Gasteiger partial charge >= 0.3 is 12.1 Å². The molecule has 1 aromatic carbocycles. The molecule has 0 saturated carbocycles. The quantitative estimate of drug-likeness (QED) is 0.896. The van der Waals surface area contributed by atoms with E-state index in [1.54, 1.807) is 6.92 Å². The summed E-state index contributed by atoms with van der Waals surface area (Å²) in [6.07, 6.45) is -3.88. The summed E-state index contributed by atoms with van der Waals surface area (Å²) in [7, 11) is 0. The lowest BCUT2D eigenvalue weighted by Crippen LogP contribution is -2.19. The zero-order valence-corrected chi connectivity index (χ0v) is 12.4. The molecule has 2 aromatic rings. The van der Waals surface area contributed by atoms with E-state index < -0.39 is 12.1 Å². The molecular weight excluding hydrogens is 323 g/mol. The molecule has 3 N–H and O–H groups in total. The van der Waals surface area contributed by atoms with Crippen molar-refractivity contribution in [1.82, 2.24) is 4.98 Å². The largest absolute Gasteiger partial charge is 0.468 e. The number of nitrogens with one attached hydrogen (secondary N) is 1. The Kier molecular flexibility index (Phi) is 5.78. The molecule has 0 saturated heterocycles. The number of carbonyl (C=O) groups is 1. The van der Waals surface area contributed by atoms with Gasteiger partial charge in [0.2, 0.25) is 5.91 Å². The molecule has 0 spiro atoms. The normalized spacial score (nSPS) is 12.8. The van der Waals surface area contributed by atoms with Crippen LogP contribution in [0.2, 0.25) is 0 Å². The molecule has 1 aromatic heterocycles. The average molecular weight is 338 g/mol. The van der Waals surface area contributed by atoms with E-state index in [2.05, 4.69) is 14.7 Å². The maximum Gasteiger partial charge on any atom is 0.468 e. The van der Waals surface area contributed by atoms with Crippen LogP contribution in [0.15, 0.2) is 22.6 Å². The average Bonchev–Trinajstić information content (AvgIpc) is 2.79. The molecular formula is C13H15ClF3N3O2. The van der Waals surface area contributed by atoms with E-state index in [9.17, 15) is 18.0 Å². The number of oxazole rings is 1. The summed E-state index contributed by atoms with van der Waals surface area (Å²) in [5.74, 6) is -1.57. The van der Waals surface area contributed by atoms with Gasteiger partial charge in [-0.2, -0.15) is 13.2 Å². The number of nitrogens with two attached hydrogens (primary N) is 1. The third-order valence-electron chi connectivity index (χ3n) is 2.74. The Bertz CT molecular complexity index is 656. The topological polar surface area (TPSA) is 81.2 Å². The van der Waals surface area contributed by atoms with Crippen molar-refractivity contribution in [2.75, 3.05) is 5.32 Å². The van der Waals surface area contributed by atoms with Crippen molar-refractivity contribution in [2.24, 2.45) is 5.73 Å². The van der Waals surface area contributed by atoms with Crippen LogP contribution in [0.25, 0.3) is 11.1 Å². The first-order valence-corrected chi connectivity index (χ1v) is 6.29. The van der Waals surface area contributed by atoms with Crippen molar-refractivity contribution >= 4 is 35.1 Å². The minimum atomic E-state index is -4.64. The summed E-state index contributed by atoms with van der Waals surface area (Å²) in [5, 5.41) is 2.58. The molecule has 1 atom stereocenters. The number of hydrogen-bond donors (Lipinski definition) is 2. The molecule has 122 valence electrons. The third-order valence-corrected chi connectivity index (χ3v) is 2.74. The van der Waals surface area contributed by atoms with Gasteiger partial charge in [-0.3, -0.25) is 4.79 Å². The van der Waals surface area contributed by atoms with E-state index in [-0.39, 0.29) is 41.9 Å². The molecule has 2 rings (SSSR count). The maximum absolute atomic E-state index is 12.5. The lowest BCUT2D eigenvalue weighted by Gasteiger charge is -2.06. The van der Waals surface area contributed by atoms with Crippen molar-refractivity contribution in [1.29, 1.82) is 0 Å². The molecule has 5 nitrogen and oxygen atoms in total. The standard InChI is InChI=1S/C13H14F3N3O2.ClH/c1-7(17)2-5-11(20)18-8-3-4-10-9(6-8)19-12(21-10)13(14,15)16;/h3-4,6-7H,2,5,17H2,1H3,(H,18,20);1H. The molecule has 1 unspecified atom stereocenters. The van der Waals surface area contributed by atoms with Gasteiger partial charge in [-0.25, -0.2) is 4.98 Å². The van der Waals surface area contributed by atoms with E-state index in [0.717, 1.165) is 0 Å². The number of anilines is 1. The van der Waals surface area contributed by atoms with Gasteiger partial charge in [-0.1, -0.05) is 0 Å². The molecule has 22 heavy (non-hydrogen) atoms. The third kappa shape index (κ3) is 4.60. The van der Waals surface area contributed by atoms with E-state index >= 15 is 0 Å². The fourth-order valence-corrected chi connectivity index (χ4v) is 1.71. The number of nitrogens with zero attached hydrogens (tertiary/aromatic N) is 1. The Morgan fingerprint density at radius 2 is 2.14 bits per heavy atom. The van der Waals surface area contributed by atoms with Crippen LogP contribution in [0, 0.1) is 0 Å². The highest BCUT2D eigenvalue weighted by Gasteiger charge is 2.37. The summed E-state index contributed by atoms with van der Waals surface area (Å²) in [6.45, 7) is 1.79. The second-order valence-corrected chi connectivity index (χ2v) is 4.76. The van der Waals surface area contributed by atoms with E-state index in [1.165, 1.54) is 18.2 Å². The molecule has 0 fully saturated rings. The molecule has 1 amide bonds. The molecule has 0 aliphatic carbocycles. The van der Waals surface area contributed by atoms with Gasteiger partial charge in [-0.05, 0) is 31.5 Å². The van der Waals surface area contributed by atoms with Crippen molar-refractivity contribution in [3.05, 3.63) is 24.1 Å². The van der Waals surface area contributed by atoms with Crippen LogP contribution in [0.1, 0.15) is 25.7 Å². The number of rotatable bonds is 4. The van der Waals surface area contributed by atoms with Crippen LogP contribution in [-0.4, -0.2) is 16.9 Å². The summed E-state index contributed by atoms with van der Waals surface area (Å²) in [6, 6.07) is 4.02. The van der Waals surface area contributed by atoms with Crippen LogP contribution in [0.4, 0.5) is 18.9 Å². The van der Waals surface area contributed by atoms with Crippen LogP contribution in [0.5, 0.6) is 0 Å². The fraction of sp³-hybridized carbons (Fsp3) is 0.385. The molecule has 0 bridgehead atoms. The minimum Gasteiger partial charge on any atom is -0.433 e. The lowest BCUT2D eigenvalue weighted by molar-refractivity contribution is -0.156. The van der Waals surface area contributed by atoms with E-state index in [1.807, 2.05) is 0 Å². The number of alkyl halides is 3. The number of benzene rings is 1. The minimum absolute atomic E-state index is 0. The number of aromatic nitrogens is 1. The van der Waals surface area contributed by atoms with Crippen molar-refractivity contribution in [3.8, 4) is 0 Å². The lowest BCUT2D eigenvalue weighted by atomic mass is 10.2. The summed E-state index contributed by atoms with van der Waals surface area (Å²) < 4.78 is 42.0. The van der Waals surface area contributed by atoms with Gasteiger partial charge in [0.15, 0.2) is 5.58 Å². The SMILES string of the molecule is CC(N)CCC(=O)Nc1ccc2oc(C(F)(F)F)nc2c1.Cl. The Balaban J connectivity index is 0.00000242. The monoisotopic (exact) mass is 337 g/mol. The van der Waals surface area contributed by atoms with Gasteiger partial charge in [-0.15, -0.1) is 12.4 Å². The predicted octanol–water partition coefficient (Wildman–Crippen LogP) is 3.33. The first-order chi connectivity index (χ1) is 9.75. The van der Waals surface area contributed by atoms with Crippen LogP contribution < -0.4 is 11.1 Å². The number of hydrogen-bond acceptors (Lipinski definition) is 4. The van der Waals surface area contributed by atoms with Crippen molar-refractivity contribution < 1.29 is 22.4 Å². The van der Waals surface area contributed by atoms with E-state index in [0.29, 0.717) is 12.1 Å². The molecule has 0 radical (unpaired) electrons. The Hall–Kier alpha value is -1.80. The zero-order valence-electron chi connectivity index (χ0n) is 11.6. The molecule has 1 heterocycles. The summed E-state index contributed by atoms with van der Waals surface area (Å²) in [4.78, 5) is 15.0.